The first-order valence-electron chi connectivity index (χ1n) is 7.77. The van der Waals surface area contributed by atoms with Crippen LogP contribution in [0, 0.1) is 0 Å². The van der Waals surface area contributed by atoms with Crippen molar-refractivity contribution in [2.24, 2.45) is 0 Å². The van der Waals surface area contributed by atoms with Crippen molar-refractivity contribution in [2.45, 2.75) is 26.3 Å². The zero-order chi connectivity index (χ0) is 18.0. The number of hydrogen-bond donors (Lipinski definition) is 1. The minimum absolute atomic E-state index is 0.00946. The Bertz CT molecular complexity index is 886. The number of rotatable bonds is 5. The predicted molar refractivity (Wildman–Crippen MR) is 98.5 cm³/mol. The van der Waals surface area contributed by atoms with Crippen molar-refractivity contribution in [1.82, 2.24) is 19.3 Å². The largest absolute Gasteiger partial charge is 0.311 e. The quantitative estimate of drug-likeness (QED) is 0.726. The van der Waals surface area contributed by atoms with Crippen molar-refractivity contribution in [1.29, 1.82) is 0 Å². The van der Waals surface area contributed by atoms with E-state index < -0.39 is 0 Å². The highest BCUT2D eigenvalue weighted by atomic mass is 35.5. The number of halogens is 2. The summed E-state index contributed by atoms with van der Waals surface area (Å²) in [5.41, 5.74) is 1.76. The van der Waals surface area contributed by atoms with Crippen molar-refractivity contribution in [3.05, 3.63) is 58.7 Å². The van der Waals surface area contributed by atoms with E-state index in [0.29, 0.717) is 5.82 Å². The molecule has 0 bridgehead atoms. The number of hydrogen-bond acceptors (Lipinski definition) is 3. The van der Waals surface area contributed by atoms with Gasteiger partial charge in [0.1, 0.15) is 17.5 Å². The first kappa shape index (κ1) is 17.5. The lowest BCUT2D eigenvalue weighted by atomic mass is 10.1. The van der Waals surface area contributed by atoms with Crippen molar-refractivity contribution < 1.29 is 4.79 Å². The molecule has 1 N–H and O–H groups in total. The molecule has 3 aromatic rings. The van der Waals surface area contributed by atoms with E-state index in [1.165, 1.54) is 10.9 Å². The summed E-state index contributed by atoms with van der Waals surface area (Å²) in [5.74, 6) is 0.591. The predicted octanol–water partition coefficient (Wildman–Crippen LogP) is 4.14. The monoisotopic (exact) mass is 377 g/mol. The Balaban J connectivity index is 1.86. The van der Waals surface area contributed by atoms with Gasteiger partial charge in [0.05, 0.1) is 17.7 Å². The molecule has 25 heavy (non-hydrogen) atoms. The Hall–Kier alpha value is -2.31. The molecule has 2 heterocycles. The molecule has 0 fully saturated rings. The van der Waals surface area contributed by atoms with Crippen LogP contribution in [0.2, 0.25) is 10.3 Å². The fourth-order valence-corrected chi connectivity index (χ4v) is 2.63. The molecule has 0 aliphatic heterocycles. The Kier molecular flexibility index (Phi) is 5.11. The Labute approximate surface area is 155 Å². The first-order valence-corrected chi connectivity index (χ1v) is 8.52. The standard InChI is InChI=1S/C17H17Cl2N5O/c1-11(2)13-8-14(24(22-13)12-6-4-3-5-7-12)21-15(25)9-23-10-20-16(18)17(23)19/h3-8,10-11H,9H2,1-2H3,(H,21,25). The summed E-state index contributed by atoms with van der Waals surface area (Å²) in [5, 5.41) is 7.88. The van der Waals surface area contributed by atoms with Gasteiger partial charge in [-0.15, -0.1) is 0 Å². The molecule has 3 rings (SSSR count). The molecule has 0 aliphatic rings. The number of anilines is 1. The molecular formula is C17H17Cl2N5O. The highest BCUT2D eigenvalue weighted by Gasteiger charge is 2.16. The second-order valence-corrected chi connectivity index (χ2v) is 6.57. The van der Waals surface area contributed by atoms with E-state index in [0.717, 1.165) is 11.4 Å². The highest BCUT2D eigenvalue weighted by molar-refractivity contribution is 6.40. The lowest BCUT2D eigenvalue weighted by molar-refractivity contribution is -0.116. The molecule has 2 aromatic heterocycles. The van der Waals surface area contributed by atoms with Gasteiger partial charge in [-0.3, -0.25) is 4.79 Å². The van der Waals surface area contributed by atoms with Crippen molar-refractivity contribution in [2.75, 3.05) is 5.32 Å². The fraction of sp³-hybridized carbons (Fsp3) is 0.235. The van der Waals surface area contributed by atoms with E-state index in [1.807, 2.05) is 36.4 Å². The number of para-hydroxylation sites is 1. The van der Waals surface area contributed by atoms with Crippen LogP contribution in [0.25, 0.3) is 5.69 Å². The van der Waals surface area contributed by atoms with Crippen LogP contribution in [0.1, 0.15) is 25.5 Å². The second kappa shape index (κ2) is 7.29. The van der Waals surface area contributed by atoms with E-state index in [1.54, 1.807) is 4.68 Å². The van der Waals surface area contributed by atoms with Crippen LogP contribution in [0.4, 0.5) is 5.82 Å². The van der Waals surface area contributed by atoms with Crippen molar-refractivity contribution in [3.63, 3.8) is 0 Å². The smallest absolute Gasteiger partial charge is 0.245 e. The van der Waals surface area contributed by atoms with Crippen molar-refractivity contribution in [3.8, 4) is 5.69 Å². The van der Waals surface area contributed by atoms with Crippen LogP contribution in [0.5, 0.6) is 0 Å². The molecule has 130 valence electrons. The third kappa shape index (κ3) is 3.86. The number of aromatic nitrogens is 4. The summed E-state index contributed by atoms with van der Waals surface area (Å²) < 4.78 is 3.20. The maximum atomic E-state index is 12.4. The third-order valence-corrected chi connectivity index (χ3v) is 4.40. The molecule has 1 amide bonds. The Morgan fingerprint density at radius 3 is 2.56 bits per heavy atom. The summed E-state index contributed by atoms with van der Waals surface area (Å²) in [6, 6.07) is 11.5. The van der Waals surface area contributed by atoms with Crippen molar-refractivity contribution >= 4 is 34.9 Å². The molecule has 0 aliphatic carbocycles. The second-order valence-electron chi connectivity index (χ2n) is 5.86. The number of benzene rings is 1. The summed E-state index contributed by atoms with van der Waals surface area (Å²) in [6.45, 7) is 4.11. The van der Waals surface area contributed by atoms with E-state index in [4.69, 9.17) is 23.2 Å². The van der Waals surface area contributed by atoms with Gasteiger partial charge in [0, 0.05) is 6.07 Å². The molecule has 0 radical (unpaired) electrons. The Morgan fingerprint density at radius 1 is 1.24 bits per heavy atom. The molecular weight excluding hydrogens is 361 g/mol. The molecule has 0 unspecified atom stereocenters. The summed E-state index contributed by atoms with van der Waals surface area (Å²) >= 11 is 11.8. The zero-order valence-electron chi connectivity index (χ0n) is 13.8. The number of nitrogens with one attached hydrogen (secondary N) is 1. The van der Waals surface area contributed by atoms with E-state index in [2.05, 4.69) is 29.2 Å². The zero-order valence-corrected chi connectivity index (χ0v) is 15.3. The first-order chi connectivity index (χ1) is 12.0. The Morgan fingerprint density at radius 2 is 1.96 bits per heavy atom. The maximum Gasteiger partial charge on any atom is 0.245 e. The van der Waals surface area contributed by atoms with Gasteiger partial charge >= 0.3 is 0 Å². The van der Waals surface area contributed by atoms with Crippen LogP contribution in [-0.2, 0) is 11.3 Å². The summed E-state index contributed by atoms with van der Waals surface area (Å²) in [6.07, 6.45) is 1.43. The molecule has 0 atom stereocenters. The van der Waals surface area contributed by atoms with Gasteiger partial charge in [0.25, 0.3) is 0 Å². The average Bonchev–Trinajstić information content (AvgIpc) is 3.14. The van der Waals surface area contributed by atoms with Crippen LogP contribution in [-0.4, -0.2) is 25.2 Å². The fourth-order valence-electron chi connectivity index (χ4n) is 2.33. The lowest BCUT2D eigenvalue weighted by Crippen LogP contribution is -2.20. The van der Waals surface area contributed by atoms with Gasteiger partial charge in [-0.25, -0.2) is 9.67 Å². The summed E-state index contributed by atoms with van der Waals surface area (Å²) in [7, 11) is 0. The SMILES string of the molecule is CC(C)c1cc(NC(=O)Cn2cnc(Cl)c2Cl)n(-c2ccccc2)n1. The molecule has 0 saturated heterocycles. The number of nitrogens with zero attached hydrogens (tertiary/aromatic N) is 4. The average molecular weight is 378 g/mol. The van der Waals surface area contributed by atoms with Gasteiger partial charge in [-0.2, -0.15) is 5.10 Å². The number of amides is 1. The number of carbonyl (C=O) groups excluding carboxylic acids is 1. The van der Waals surface area contributed by atoms with Crippen LogP contribution in [0.3, 0.4) is 0 Å². The van der Waals surface area contributed by atoms with E-state index in [9.17, 15) is 4.79 Å². The minimum atomic E-state index is -0.247. The van der Waals surface area contributed by atoms with E-state index in [-0.39, 0.29) is 28.7 Å². The maximum absolute atomic E-state index is 12.4. The third-order valence-electron chi connectivity index (χ3n) is 3.63. The summed E-state index contributed by atoms with van der Waals surface area (Å²) in [4.78, 5) is 16.3. The number of carbonyl (C=O) groups is 1. The molecule has 8 heteroatoms. The van der Waals surface area contributed by atoms with Gasteiger partial charge in [-0.1, -0.05) is 55.2 Å². The number of imidazole rings is 1. The van der Waals surface area contributed by atoms with Crippen LogP contribution in [0.15, 0.2) is 42.7 Å². The molecule has 0 spiro atoms. The minimum Gasteiger partial charge on any atom is -0.311 e. The van der Waals surface area contributed by atoms with Crippen LogP contribution < -0.4 is 5.32 Å². The molecule has 1 aromatic carbocycles. The molecule has 0 saturated carbocycles. The molecule has 6 nitrogen and oxygen atoms in total. The van der Waals surface area contributed by atoms with Crippen LogP contribution >= 0.6 is 23.2 Å². The highest BCUT2D eigenvalue weighted by Crippen LogP contribution is 2.23. The van der Waals surface area contributed by atoms with Gasteiger partial charge < -0.3 is 9.88 Å². The van der Waals surface area contributed by atoms with E-state index >= 15 is 0 Å². The van der Waals surface area contributed by atoms with Gasteiger partial charge in [-0.05, 0) is 18.1 Å². The normalized spacial score (nSPS) is 11.1. The lowest BCUT2D eigenvalue weighted by Gasteiger charge is -2.09. The topological polar surface area (TPSA) is 64.7 Å². The van der Waals surface area contributed by atoms with Gasteiger partial charge in [0.2, 0.25) is 5.91 Å². The van der Waals surface area contributed by atoms with Gasteiger partial charge in [0.15, 0.2) is 5.15 Å².